The van der Waals surface area contributed by atoms with Crippen LogP contribution < -0.4 is 0 Å². The van der Waals surface area contributed by atoms with Crippen LogP contribution in [0.5, 0.6) is 0 Å². The summed E-state index contributed by atoms with van der Waals surface area (Å²) in [6.07, 6.45) is 6.86. The Balaban J connectivity index is 2.67. The van der Waals surface area contributed by atoms with Crippen molar-refractivity contribution in [3.63, 3.8) is 0 Å². The Hall–Kier alpha value is -1.44. The van der Waals surface area contributed by atoms with Gasteiger partial charge in [-0.05, 0) is 30.0 Å². The molecular formula is C13H16N2. The van der Waals surface area contributed by atoms with Crippen molar-refractivity contribution < 1.29 is 0 Å². The van der Waals surface area contributed by atoms with Gasteiger partial charge in [0.2, 0.25) is 0 Å². The van der Waals surface area contributed by atoms with Crippen molar-refractivity contribution in [1.82, 2.24) is 9.97 Å². The fraction of sp³-hybridized carbons (Fsp3) is 0.385. The van der Waals surface area contributed by atoms with E-state index in [0.29, 0.717) is 0 Å². The maximum atomic E-state index is 4.45. The van der Waals surface area contributed by atoms with Gasteiger partial charge in [0.05, 0.1) is 11.0 Å². The topological polar surface area (TPSA) is 25.8 Å². The zero-order chi connectivity index (χ0) is 10.7. The van der Waals surface area contributed by atoms with Gasteiger partial charge < -0.3 is 0 Å². The molecule has 0 saturated heterocycles. The van der Waals surface area contributed by atoms with E-state index < -0.39 is 0 Å². The van der Waals surface area contributed by atoms with E-state index in [1.165, 1.54) is 11.1 Å². The first kappa shape index (κ1) is 10.1. The SMILES string of the molecule is CCCc1c(CC)ccc2nccnc12. The van der Waals surface area contributed by atoms with Crippen molar-refractivity contribution in [1.29, 1.82) is 0 Å². The zero-order valence-corrected chi connectivity index (χ0v) is 9.33. The fourth-order valence-electron chi connectivity index (χ4n) is 2.00. The number of benzene rings is 1. The van der Waals surface area contributed by atoms with Gasteiger partial charge in [-0.25, -0.2) is 0 Å². The molecule has 2 heteroatoms. The van der Waals surface area contributed by atoms with Gasteiger partial charge in [-0.2, -0.15) is 0 Å². The Morgan fingerprint density at radius 1 is 1.07 bits per heavy atom. The lowest BCUT2D eigenvalue weighted by atomic mass is 9.99. The molecule has 78 valence electrons. The first-order valence-corrected chi connectivity index (χ1v) is 5.58. The lowest BCUT2D eigenvalue weighted by Gasteiger charge is -2.09. The van der Waals surface area contributed by atoms with Crippen LogP contribution in [0.15, 0.2) is 24.5 Å². The molecule has 2 nitrogen and oxygen atoms in total. The predicted octanol–water partition coefficient (Wildman–Crippen LogP) is 3.14. The summed E-state index contributed by atoms with van der Waals surface area (Å²) in [6, 6.07) is 4.25. The molecule has 0 unspecified atom stereocenters. The van der Waals surface area contributed by atoms with Crippen LogP contribution >= 0.6 is 0 Å². The van der Waals surface area contributed by atoms with Crippen LogP contribution in [0.2, 0.25) is 0 Å². The summed E-state index contributed by atoms with van der Waals surface area (Å²) in [7, 11) is 0. The summed E-state index contributed by atoms with van der Waals surface area (Å²) in [5.74, 6) is 0. The van der Waals surface area contributed by atoms with Crippen LogP contribution in [0.25, 0.3) is 11.0 Å². The van der Waals surface area contributed by atoms with Crippen LogP contribution in [-0.4, -0.2) is 9.97 Å². The van der Waals surface area contributed by atoms with Crippen molar-refractivity contribution in [2.75, 3.05) is 0 Å². The highest BCUT2D eigenvalue weighted by molar-refractivity contribution is 5.79. The highest BCUT2D eigenvalue weighted by atomic mass is 14.8. The Morgan fingerprint density at radius 3 is 2.60 bits per heavy atom. The highest BCUT2D eigenvalue weighted by Crippen LogP contribution is 2.20. The average molecular weight is 200 g/mol. The van der Waals surface area contributed by atoms with Crippen LogP contribution in [0, 0.1) is 0 Å². The molecule has 2 aromatic rings. The molecule has 0 amide bonds. The molecule has 0 aliphatic heterocycles. The molecule has 1 heterocycles. The van der Waals surface area contributed by atoms with E-state index in [9.17, 15) is 0 Å². The quantitative estimate of drug-likeness (QED) is 0.760. The number of nitrogens with zero attached hydrogens (tertiary/aromatic N) is 2. The first-order valence-electron chi connectivity index (χ1n) is 5.58. The maximum absolute atomic E-state index is 4.45. The van der Waals surface area contributed by atoms with E-state index in [-0.39, 0.29) is 0 Å². The summed E-state index contributed by atoms with van der Waals surface area (Å²) in [4.78, 5) is 8.78. The smallest absolute Gasteiger partial charge is 0.0921 e. The number of hydrogen-bond acceptors (Lipinski definition) is 2. The number of rotatable bonds is 3. The molecule has 0 spiro atoms. The minimum Gasteiger partial charge on any atom is -0.253 e. The standard InChI is InChI=1S/C13H16N2/c1-3-5-11-10(4-2)6-7-12-13(11)15-9-8-14-12/h6-9H,3-5H2,1-2H3. The van der Waals surface area contributed by atoms with E-state index in [1.54, 1.807) is 12.4 Å². The summed E-state index contributed by atoms with van der Waals surface area (Å²) in [5.41, 5.74) is 4.88. The maximum Gasteiger partial charge on any atom is 0.0921 e. The zero-order valence-electron chi connectivity index (χ0n) is 9.33. The average Bonchev–Trinajstić information content (AvgIpc) is 2.30. The molecule has 0 atom stereocenters. The van der Waals surface area contributed by atoms with E-state index in [1.807, 2.05) is 0 Å². The van der Waals surface area contributed by atoms with Crippen molar-refractivity contribution >= 4 is 11.0 Å². The van der Waals surface area contributed by atoms with Gasteiger partial charge >= 0.3 is 0 Å². The summed E-state index contributed by atoms with van der Waals surface area (Å²) < 4.78 is 0. The molecule has 0 bridgehead atoms. The third-order valence-corrected chi connectivity index (χ3v) is 2.72. The van der Waals surface area contributed by atoms with Crippen LogP contribution in [-0.2, 0) is 12.8 Å². The monoisotopic (exact) mass is 200 g/mol. The van der Waals surface area contributed by atoms with Gasteiger partial charge in [-0.3, -0.25) is 9.97 Å². The van der Waals surface area contributed by atoms with Crippen LogP contribution in [0.3, 0.4) is 0 Å². The molecule has 0 fully saturated rings. The number of aryl methyl sites for hydroxylation is 2. The van der Waals surface area contributed by atoms with Gasteiger partial charge in [-0.1, -0.05) is 26.3 Å². The third kappa shape index (κ3) is 1.84. The second-order valence-electron chi connectivity index (χ2n) is 3.73. The summed E-state index contributed by atoms with van der Waals surface area (Å²) in [6.45, 7) is 4.39. The van der Waals surface area contributed by atoms with Gasteiger partial charge in [0.15, 0.2) is 0 Å². The van der Waals surface area contributed by atoms with E-state index in [0.717, 1.165) is 30.3 Å². The fourth-order valence-corrected chi connectivity index (χ4v) is 2.00. The molecule has 2 rings (SSSR count). The minimum absolute atomic E-state index is 1.01. The Bertz CT molecular complexity index is 463. The lowest BCUT2D eigenvalue weighted by Crippen LogP contribution is -1.96. The second kappa shape index (κ2) is 4.39. The van der Waals surface area contributed by atoms with E-state index >= 15 is 0 Å². The molecule has 0 aliphatic rings. The molecule has 15 heavy (non-hydrogen) atoms. The summed E-state index contributed by atoms with van der Waals surface area (Å²) >= 11 is 0. The largest absolute Gasteiger partial charge is 0.253 e. The van der Waals surface area contributed by atoms with Crippen molar-refractivity contribution in [2.45, 2.75) is 33.1 Å². The minimum atomic E-state index is 1.01. The second-order valence-corrected chi connectivity index (χ2v) is 3.73. The lowest BCUT2D eigenvalue weighted by molar-refractivity contribution is 0.904. The van der Waals surface area contributed by atoms with Gasteiger partial charge in [0.1, 0.15) is 0 Å². The molecule has 0 saturated carbocycles. The summed E-state index contributed by atoms with van der Waals surface area (Å²) in [5, 5.41) is 0. The molecule has 0 aliphatic carbocycles. The number of fused-ring (bicyclic) bond motifs is 1. The Labute approximate surface area is 90.4 Å². The number of aromatic nitrogens is 2. The third-order valence-electron chi connectivity index (χ3n) is 2.72. The van der Waals surface area contributed by atoms with E-state index in [4.69, 9.17) is 0 Å². The van der Waals surface area contributed by atoms with Gasteiger partial charge in [0.25, 0.3) is 0 Å². The van der Waals surface area contributed by atoms with Crippen LogP contribution in [0.4, 0.5) is 0 Å². The van der Waals surface area contributed by atoms with Crippen molar-refractivity contribution in [2.24, 2.45) is 0 Å². The van der Waals surface area contributed by atoms with Crippen molar-refractivity contribution in [3.8, 4) is 0 Å². The Kier molecular flexibility index (Phi) is 2.95. The first-order chi connectivity index (χ1) is 7.36. The highest BCUT2D eigenvalue weighted by Gasteiger charge is 2.06. The van der Waals surface area contributed by atoms with E-state index in [2.05, 4.69) is 35.9 Å². The van der Waals surface area contributed by atoms with Crippen LogP contribution in [0.1, 0.15) is 31.4 Å². The molecular weight excluding hydrogens is 184 g/mol. The molecule has 0 radical (unpaired) electrons. The van der Waals surface area contributed by atoms with Gasteiger partial charge in [0, 0.05) is 12.4 Å². The predicted molar refractivity (Wildman–Crippen MR) is 62.9 cm³/mol. The normalized spacial score (nSPS) is 10.8. The van der Waals surface area contributed by atoms with Gasteiger partial charge in [-0.15, -0.1) is 0 Å². The molecule has 1 aromatic heterocycles. The Morgan fingerprint density at radius 2 is 1.87 bits per heavy atom. The molecule has 1 aromatic carbocycles. The van der Waals surface area contributed by atoms with Crippen molar-refractivity contribution in [3.05, 3.63) is 35.7 Å². The number of hydrogen-bond donors (Lipinski definition) is 0. The molecule has 0 N–H and O–H groups in total.